The lowest BCUT2D eigenvalue weighted by molar-refractivity contribution is 0.0950. The number of benzene rings is 2. The quantitative estimate of drug-likeness (QED) is 0.711. The molecule has 0 spiro atoms. The van der Waals surface area contributed by atoms with Crippen molar-refractivity contribution < 1.29 is 13.6 Å². The average molecular weight is 376 g/mol. The zero-order valence-electron chi connectivity index (χ0n) is 11.8. The molecule has 0 atom stereocenters. The van der Waals surface area contributed by atoms with Crippen LogP contribution in [-0.2, 0) is 6.54 Å². The van der Waals surface area contributed by atoms with Crippen LogP contribution >= 0.6 is 15.9 Å². The summed E-state index contributed by atoms with van der Waals surface area (Å²) in [5.41, 5.74) is 0.623. The van der Waals surface area contributed by atoms with E-state index in [4.69, 9.17) is 4.42 Å². The van der Waals surface area contributed by atoms with E-state index in [0.29, 0.717) is 21.0 Å². The molecule has 3 rings (SSSR count). The highest BCUT2D eigenvalue weighted by atomic mass is 79.9. The summed E-state index contributed by atoms with van der Waals surface area (Å²) in [7, 11) is 0. The number of carbonyl (C=O) groups is 1. The van der Waals surface area contributed by atoms with Gasteiger partial charge in [0, 0.05) is 28.5 Å². The van der Waals surface area contributed by atoms with Gasteiger partial charge in [-0.05, 0) is 45.8 Å². The molecule has 0 aliphatic heterocycles. The molecule has 1 N–H and O–H groups in total. The molecular weight excluding hydrogens is 365 g/mol. The third-order valence-electron chi connectivity index (χ3n) is 3.35. The molecule has 0 saturated heterocycles. The van der Waals surface area contributed by atoms with E-state index in [9.17, 15) is 14.0 Å². The van der Waals surface area contributed by atoms with E-state index in [1.165, 1.54) is 18.2 Å². The number of nitrogens with one attached hydrogen (secondary N) is 1. The Balaban J connectivity index is 1.89. The van der Waals surface area contributed by atoms with Crippen LogP contribution in [0, 0.1) is 5.82 Å². The first-order valence-electron chi connectivity index (χ1n) is 6.79. The molecule has 0 unspecified atom stereocenters. The summed E-state index contributed by atoms with van der Waals surface area (Å²) in [5.74, 6) is -0.768. The summed E-state index contributed by atoms with van der Waals surface area (Å²) in [6, 6.07) is 12.3. The molecule has 1 heterocycles. The van der Waals surface area contributed by atoms with Crippen LogP contribution in [0.5, 0.6) is 0 Å². The third-order valence-corrected chi connectivity index (χ3v) is 4.04. The SMILES string of the molecule is O=C(NCc1cc(=O)oc2cc(F)ccc12)c1ccccc1Br. The molecule has 4 nitrogen and oxygen atoms in total. The van der Waals surface area contributed by atoms with Gasteiger partial charge in [0.1, 0.15) is 11.4 Å². The van der Waals surface area contributed by atoms with E-state index >= 15 is 0 Å². The molecule has 6 heteroatoms. The molecule has 3 aromatic rings. The van der Waals surface area contributed by atoms with Crippen LogP contribution in [0.2, 0.25) is 0 Å². The van der Waals surface area contributed by atoms with Gasteiger partial charge in [-0.15, -0.1) is 0 Å². The van der Waals surface area contributed by atoms with Crippen molar-refractivity contribution in [3.8, 4) is 0 Å². The Bertz CT molecular complexity index is 952. The first kappa shape index (κ1) is 15.4. The summed E-state index contributed by atoms with van der Waals surface area (Å²) >= 11 is 3.31. The van der Waals surface area contributed by atoms with Crippen molar-refractivity contribution in [3.05, 3.63) is 80.4 Å². The van der Waals surface area contributed by atoms with E-state index in [-0.39, 0.29) is 18.0 Å². The predicted octanol–water partition coefficient (Wildman–Crippen LogP) is 3.62. The molecule has 23 heavy (non-hydrogen) atoms. The highest BCUT2D eigenvalue weighted by molar-refractivity contribution is 9.10. The highest BCUT2D eigenvalue weighted by Gasteiger charge is 2.11. The van der Waals surface area contributed by atoms with Gasteiger partial charge >= 0.3 is 5.63 Å². The van der Waals surface area contributed by atoms with Crippen molar-refractivity contribution in [2.24, 2.45) is 0 Å². The monoisotopic (exact) mass is 375 g/mol. The van der Waals surface area contributed by atoms with Crippen LogP contribution in [0.15, 0.2) is 62.2 Å². The summed E-state index contributed by atoms with van der Waals surface area (Å²) in [4.78, 5) is 23.8. The number of carbonyl (C=O) groups excluding carboxylic acids is 1. The largest absolute Gasteiger partial charge is 0.423 e. The summed E-state index contributed by atoms with van der Waals surface area (Å²) in [5, 5.41) is 3.33. The fourth-order valence-corrected chi connectivity index (χ4v) is 2.73. The second-order valence-electron chi connectivity index (χ2n) is 4.89. The van der Waals surface area contributed by atoms with Crippen LogP contribution in [0.3, 0.4) is 0 Å². The fraction of sp³-hybridized carbons (Fsp3) is 0.0588. The lowest BCUT2D eigenvalue weighted by atomic mass is 10.1. The summed E-state index contributed by atoms with van der Waals surface area (Å²) in [6.07, 6.45) is 0. The second kappa shape index (κ2) is 6.34. The Kier molecular flexibility index (Phi) is 4.25. The molecule has 0 saturated carbocycles. The van der Waals surface area contributed by atoms with Gasteiger partial charge < -0.3 is 9.73 Å². The maximum absolute atomic E-state index is 13.2. The van der Waals surface area contributed by atoms with E-state index in [2.05, 4.69) is 21.2 Å². The highest BCUT2D eigenvalue weighted by Crippen LogP contribution is 2.19. The fourth-order valence-electron chi connectivity index (χ4n) is 2.27. The molecule has 1 amide bonds. The standard InChI is InChI=1S/C17H11BrFNO3/c18-14-4-2-1-3-13(14)17(22)20-9-10-7-16(21)23-15-8-11(19)5-6-12(10)15/h1-8H,9H2,(H,20,22). The van der Waals surface area contributed by atoms with Crippen molar-refractivity contribution in [2.45, 2.75) is 6.54 Å². The smallest absolute Gasteiger partial charge is 0.336 e. The summed E-state index contributed by atoms with van der Waals surface area (Å²) < 4.78 is 18.9. The first-order valence-corrected chi connectivity index (χ1v) is 7.59. The van der Waals surface area contributed by atoms with Crippen LogP contribution in [-0.4, -0.2) is 5.91 Å². The van der Waals surface area contributed by atoms with Crippen molar-refractivity contribution >= 4 is 32.8 Å². The van der Waals surface area contributed by atoms with E-state index < -0.39 is 11.4 Å². The molecular formula is C17H11BrFNO3. The third kappa shape index (κ3) is 3.32. The predicted molar refractivity (Wildman–Crippen MR) is 87.8 cm³/mol. The molecule has 0 aliphatic carbocycles. The Morgan fingerprint density at radius 1 is 1.17 bits per heavy atom. The maximum atomic E-state index is 13.2. The van der Waals surface area contributed by atoms with Crippen molar-refractivity contribution in [1.29, 1.82) is 0 Å². The average Bonchev–Trinajstić information content (AvgIpc) is 2.52. The molecule has 1 aromatic heterocycles. The Morgan fingerprint density at radius 2 is 1.96 bits per heavy atom. The number of rotatable bonds is 3. The van der Waals surface area contributed by atoms with Crippen LogP contribution in [0.4, 0.5) is 4.39 Å². The van der Waals surface area contributed by atoms with E-state index in [1.807, 2.05) is 6.07 Å². The number of halogens is 2. The van der Waals surface area contributed by atoms with E-state index in [1.54, 1.807) is 18.2 Å². The van der Waals surface area contributed by atoms with Gasteiger partial charge in [0.15, 0.2) is 0 Å². The minimum absolute atomic E-state index is 0.133. The number of hydrogen-bond acceptors (Lipinski definition) is 3. The molecule has 0 radical (unpaired) electrons. The molecule has 2 aromatic carbocycles. The van der Waals surface area contributed by atoms with Gasteiger partial charge in [-0.2, -0.15) is 0 Å². The Labute approximate surface area is 139 Å². The normalized spacial score (nSPS) is 10.7. The Hall–Kier alpha value is -2.47. The summed E-state index contributed by atoms with van der Waals surface area (Å²) in [6.45, 7) is 0.133. The van der Waals surface area contributed by atoms with Crippen molar-refractivity contribution in [3.63, 3.8) is 0 Å². The van der Waals surface area contributed by atoms with Gasteiger partial charge in [0.05, 0.1) is 5.56 Å². The minimum atomic E-state index is -0.590. The van der Waals surface area contributed by atoms with Gasteiger partial charge in [-0.3, -0.25) is 4.79 Å². The van der Waals surface area contributed by atoms with Crippen molar-refractivity contribution in [2.75, 3.05) is 0 Å². The zero-order chi connectivity index (χ0) is 16.4. The second-order valence-corrected chi connectivity index (χ2v) is 5.75. The molecule has 0 bridgehead atoms. The number of fused-ring (bicyclic) bond motifs is 1. The molecule has 116 valence electrons. The minimum Gasteiger partial charge on any atom is -0.423 e. The molecule has 0 aliphatic rings. The lowest BCUT2D eigenvalue weighted by Crippen LogP contribution is -2.23. The number of amides is 1. The zero-order valence-corrected chi connectivity index (χ0v) is 13.4. The van der Waals surface area contributed by atoms with Crippen LogP contribution in [0.1, 0.15) is 15.9 Å². The van der Waals surface area contributed by atoms with Gasteiger partial charge in [0.2, 0.25) is 0 Å². The maximum Gasteiger partial charge on any atom is 0.336 e. The van der Waals surface area contributed by atoms with Crippen LogP contribution in [0.25, 0.3) is 11.0 Å². The topological polar surface area (TPSA) is 59.3 Å². The van der Waals surface area contributed by atoms with Crippen molar-refractivity contribution in [1.82, 2.24) is 5.32 Å². The molecule has 0 fully saturated rings. The van der Waals surface area contributed by atoms with Crippen LogP contribution < -0.4 is 10.9 Å². The van der Waals surface area contributed by atoms with E-state index in [0.717, 1.165) is 6.07 Å². The van der Waals surface area contributed by atoms with Gasteiger partial charge in [-0.1, -0.05) is 12.1 Å². The lowest BCUT2D eigenvalue weighted by Gasteiger charge is -2.08. The first-order chi connectivity index (χ1) is 11.0. The number of hydrogen-bond donors (Lipinski definition) is 1. The van der Waals surface area contributed by atoms with Gasteiger partial charge in [0.25, 0.3) is 5.91 Å². The van der Waals surface area contributed by atoms with Gasteiger partial charge in [-0.25, -0.2) is 9.18 Å². The Morgan fingerprint density at radius 3 is 2.74 bits per heavy atom.